The first kappa shape index (κ1) is 13.3. The molecule has 0 fully saturated rings. The zero-order valence-corrected chi connectivity index (χ0v) is 10.5. The third-order valence-electron chi connectivity index (χ3n) is 1.97. The van der Waals surface area contributed by atoms with E-state index in [2.05, 4.69) is 33.5 Å². The molecule has 0 saturated heterocycles. The molecule has 14 heavy (non-hydrogen) atoms. The average Bonchev–Trinajstić information content (AvgIpc) is 2.12. The first-order valence-corrected chi connectivity index (χ1v) is 7.85. The number of hydrogen-bond donors (Lipinski definition) is 0. The third-order valence-corrected chi connectivity index (χ3v) is 3.83. The van der Waals surface area contributed by atoms with E-state index in [0.29, 0.717) is 5.92 Å². The van der Waals surface area contributed by atoms with Crippen LogP contribution in [-0.2, 0) is 9.22 Å². The molecule has 0 saturated carbocycles. The molecule has 0 N–H and O–H groups in total. The molecule has 0 aromatic rings. The Morgan fingerprint density at radius 2 is 1.93 bits per heavy atom. The topological polar surface area (TPSA) is 26.3 Å². The minimum absolute atomic E-state index is 0.0138. The van der Waals surface area contributed by atoms with E-state index in [-0.39, 0.29) is 6.10 Å². The van der Waals surface area contributed by atoms with Crippen LogP contribution in [0.3, 0.4) is 0 Å². The minimum atomic E-state index is -1.76. The highest BCUT2D eigenvalue weighted by molar-refractivity contribution is 6.76. The van der Waals surface area contributed by atoms with Crippen LogP contribution >= 0.6 is 0 Å². The van der Waals surface area contributed by atoms with Crippen LogP contribution in [0, 0.1) is 5.92 Å². The second kappa shape index (κ2) is 5.93. The Kier molecular flexibility index (Phi) is 5.65. The summed E-state index contributed by atoms with van der Waals surface area (Å²) in [7, 11) is -1.76. The van der Waals surface area contributed by atoms with Crippen molar-refractivity contribution in [2.75, 3.05) is 0 Å². The molecule has 0 amide bonds. The van der Waals surface area contributed by atoms with Crippen LogP contribution in [0.4, 0.5) is 0 Å². The number of carbonyl (C=O) groups excluding carboxylic acids is 1. The summed E-state index contributed by atoms with van der Waals surface area (Å²) in [5.74, 6) is 0.373. The predicted molar refractivity (Wildman–Crippen MR) is 62.6 cm³/mol. The van der Waals surface area contributed by atoms with Gasteiger partial charge in [0, 0.05) is 0 Å². The fourth-order valence-corrected chi connectivity index (χ4v) is 2.10. The average molecular weight is 212 g/mol. The maximum Gasteiger partial charge on any atom is 0.211 e. The van der Waals surface area contributed by atoms with E-state index in [0.717, 1.165) is 6.29 Å². The first-order valence-electron chi connectivity index (χ1n) is 4.86. The van der Waals surface area contributed by atoms with E-state index < -0.39 is 8.32 Å². The number of allylic oxidation sites excluding steroid dienone is 1. The molecule has 2 nitrogen and oxygen atoms in total. The Labute approximate surface area is 87.8 Å². The van der Waals surface area contributed by atoms with Crippen molar-refractivity contribution in [3.05, 3.63) is 24.4 Å². The summed E-state index contributed by atoms with van der Waals surface area (Å²) in [6.45, 7) is 12.1. The van der Waals surface area contributed by atoms with Gasteiger partial charge in [0.25, 0.3) is 0 Å². The highest BCUT2D eigenvalue weighted by atomic mass is 28.4. The van der Waals surface area contributed by atoms with Gasteiger partial charge in [-0.1, -0.05) is 25.6 Å². The van der Waals surface area contributed by atoms with Gasteiger partial charge in [-0.25, -0.2) is 0 Å². The van der Waals surface area contributed by atoms with Crippen molar-refractivity contribution in [1.82, 2.24) is 0 Å². The van der Waals surface area contributed by atoms with Crippen molar-refractivity contribution >= 4 is 14.6 Å². The number of hydrogen-bond acceptors (Lipinski definition) is 2. The van der Waals surface area contributed by atoms with E-state index in [1.807, 2.05) is 11.8 Å². The molecule has 0 aliphatic heterocycles. The molecule has 3 heteroatoms. The number of aldehydes is 1. The smallest absolute Gasteiger partial charge is 0.211 e. The zero-order chi connectivity index (χ0) is 11.2. The van der Waals surface area contributed by atoms with E-state index in [1.54, 1.807) is 0 Å². The number of carbonyl (C=O) groups is 1. The summed E-state index contributed by atoms with van der Waals surface area (Å²) in [5.41, 5.74) is 1.90. The molecule has 0 aliphatic carbocycles. The quantitative estimate of drug-likeness (QED) is 0.384. The van der Waals surface area contributed by atoms with Crippen LogP contribution in [0.25, 0.3) is 0 Å². The second-order valence-electron chi connectivity index (χ2n) is 4.16. The zero-order valence-electron chi connectivity index (χ0n) is 9.49. The van der Waals surface area contributed by atoms with Crippen molar-refractivity contribution in [2.24, 2.45) is 5.92 Å². The molecule has 1 unspecified atom stereocenters. The highest BCUT2D eigenvalue weighted by Gasteiger charge is 2.23. The molecule has 0 aliphatic rings. The largest absolute Gasteiger partial charge is 0.407 e. The summed E-state index contributed by atoms with van der Waals surface area (Å²) in [5, 5.41) is 0. The standard InChI is InChI=1S/C11H20O2Si/c1-6-14(4,5)13-11(10(2)3)8-7-9-12/h6-11H,1H2,2-5H3/b8-7+. The first-order chi connectivity index (χ1) is 6.43. The van der Waals surface area contributed by atoms with E-state index in [9.17, 15) is 4.79 Å². The van der Waals surface area contributed by atoms with Gasteiger partial charge in [0.2, 0.25) is 8.32 Å². The lowest BCUT2D eigenvalue weighted by Crippen LogP contribution is -2.35. The van der Waals surface area contributed by atoms with Crippen molar-refractivity contribution in [1.29, 1.82) is 0 Å². The molecule has 0 aromatic carbocycles. The van der Waals surface area contributed by atoms with Gasteiger partial charge < -0.3 is 4.43 Å². The summed E-state index contributed by atoms with van der Waals surface area (Å²) < 4.78 is 5.93. The lowest BCUT2D eigenvalue weighted by molar-refractivity contribution is -0.104. The molecule has 0 aromatic heterocycles. The van der Waals surface area contributed by atoms with Gasteiger partial charge in [-0.15, -0.1) is 6.58 Å². The number of rotatable bonds is 6. The Morgan fingerprint density at radius 3 is 2.29 bits per heavy atom. The van der Waals surface area contributed by atoms with Crippen molar-refractivity contribution in [3.8, 4) is 0 Å². The molecule has 0 spiro atoms. The van der Waals surface area contributed by atoms with Gasteiger partial charge in [-0.2, -0.15) is 0 Å². The van der Waals surface area contributed by atoms with Crippen LogP contribution in [0.1, 0.15) is 13.8 Å². The van der Waals surface area contributed by atoms with E-state index in [4.69, 9.17) is 4.43 Å². The summed E-state index contributed by atoms with van der Waals surface area (Å²) >= 11 is 0. The van der Waals surface area contributed by atoms with Gasteiger partial charge in [-0.05, 0) is 25.1 Å². The van der Waals surface area contributed by atoms with Crippen LogP contribution in [0.15, 0.2) is 24.4 Å². The maximum atomic E-state index is 10.2. The van der Waals surface area contributed by atoms with Crippen LogP contribution in [0.2, 0.25) is 13.1 Å². The lowest BCUT2D eigenvalue weighted by Gasteiger charge is -2.27. The predicted octanol–water partition coefficient (Wildman–Crippen LogP) is 2.71. The van der Waals surface area contributed by atoms with Gasteiger partial charge in [0.1, 0.15) is 6.29 Å². The second-order valence-corrected chi connectivity index (χ2v) is 8.01. The SMILES string of the molecule is C=C[Si](C)(C)OC(/C=C/C=O)C(C)C. The molecule has 0 bridgehead atoms. The highest BCUT2D eigenvalue weighted by Crippen LogP contribution is 2.16. The monoisotopic (exact) mass is 212 g/mol. The van der Waals surface area contributed by atoms with Crippen LogP contribution in [-0.4, -0.2) is 20.7 Å². The van der Waals surface area contributed by atoms with E-state index in [1.165, 1.54) is 6.08 Å². The van der Waals surface area contributed by atoms with Crippen molar-refractivity contribution in [3.63, 3.8) is 0 Å². The molecular weight excluding hydrogens is 192 g/mol. The Morgan fingerprint density at radius 1 is 1.36 bits per heavy atom. The third kappa shape index (κ3) is 5.14. The molecule has 1 atom stereocenters. The normalized spacial score (nSPS) is 14.6. The summed E-state index contributed by atoms with van der Waals surface area (Å²) in [4.78, 5) is 10.2. The molecule has 0 radical (unpaired) electrons. The maximum absolute atomic E-state index is 10.2. The van der Waals surface area contributed by atoms with Gasteiger partial charge in [-0.3, -0.25) is 4.79 Å². The molecule has 0 rings (SSSR count). The molecule has 80 valence electrons. The fraction of sp³-hybridized carbons (Fsp3) is 0.545. The van der Waals surface area contributed by atoms with Gasteiger partial charge in [0.05, 0.1) is 6.10 Å². The Bertz CT molecular complexity index is 219. The molecule has 0 heterocycles. The van der Waals surface area contributed by atoms with Crippen LogP contribution < -0.4 is 0 Å². The van der Waals surface area contributed by atoms with E-state index >= 15 is 0 Å². The van der Waals surface area contributed by atoms with Crippen molar-refractivity contribution in [2.45, 2.75) is 33.0 Å². The molecular formula is C11H20O2Si. The fourth-order valence-electron chi connectivity index (χ4n) is 0.951. The Balaban J connectivity index is 4.44. The lowest BCUT2D eigenvalue weighted by atomic mass is 10.1. The summed E-state index contributed by atoms with van der Waals surface area (Å²) in [6, 6.07) is 0. The van der Waals surface area contributed by atoms with Gasteiger partial charge in [0.15, 0.2) is 0 Å². The Hall–Kier alpha value is -0.673. The van der Waals surface area contributed by atoms with Gasteiger partial charge >= 0.3 is 0 Å². The van der Waals surface area contributed by atoms with Crippen LogP contribution in [0.5, 0.6) is 0 Å². The summed E-state index contributed by atoms with van der Waals surface area (Å²) in [6.07, 6.45) is 4.11. The minimum Gasteiger partial charge on any atom is -0.407 e. The van der Waals surface area contributed by atoms with Crippen molar-refractivity contribution < 1.29 is 9.22 Å².